The van der Waals surface area contributed by atoms with Gasteiger partial charge in [0.25, 0.3) is 0 Å². The predicted molar refractivity (Wildman–Crippen MR) is 72.1 cm³/mol. The summed E-state index contributed by atoms with van der Waals surface area (Å²) in [6.07, 6.45) is 1.49. The molecule has 0 aliphatic heterocycles. The molecule has 1 aromatic heterocycles. The molecule has 20 heavy (non-hydrogen) atoms. The summed E-state index contributed by atoms with van der Waals surface area (Å²) >= 11 is 0. The Kier molecular flexibility index (Phi) is 4.05. The molecule has 1 heterocycles. The van der Waals surface area contributed by atoms with E-state index in [1.54, 1.807) is 24.3 Å². The van der Waals surface area contributed by atoms with Crippen LogP contribution in [0.5, 0.6) is 5.75 Å². The van der Waals surface area contributed by atoms with Gasteiger partial charge in [0.1, 0.15) is 11.5 Å². The molecule has 0 atom stereocenters. The number of carbonyl (C=O) groups excluding carboxylic acids is 2. The summed E-state index contributed by atoms with van der Waals surface area (Å²) in [4.78, 5) is 24.8. The fraction of sp³-hybridized carbons (Fsp3) is 0.143. The standard InChI is InChI=1S/C14H14N2O4/c1-16(10-4-6-11(17)7-5-10)14(19)13(18)15-9-12-3-2-8-20-12/h2-8,17H,9H2,1H3,(H,15,18). The van der Waals surface area contributed by atoms with Gasteiger partial charge in [-0.25, -0.2) is 0 Å². The van der Waals surface area contributed by atoms with Gasteiger partial charge in [0, 0.05) is 12.7 Å². The van der Waals surface area contributed by atoms with Crippen molar-refractivity contribution < 1.29 is 19.1 Å². The summed E-state index contributed by atoms with van der Waals surface area (Å²) < 4.78 is 5.05. The van der Waals surface area contributed by atoms with Crippen molar-refractivity contribution in [2.75, 3.05) is 11.9 Å². The Hall–Kier alpha value is -2.76. The van der Waals surface area contributed by atoms with Crippen LogP contribution in [0.3, 0.4) is 0 Å². The third-order valence-electron chi connectivity index (χ3n) is 2.74. The van der Waals surface area contributed by atoms with Crippen molar-refractivity contribution in [3.05, 3.63) is 48.4 Å². The molecule has 0 unspecified atom stereocenters. The molecule has 0 bridgehead atoms. The zero-order valence-corrected chi connectivity index (χ0v) is 10.9. The molecule has 0 spiro atoms. The summed E-state index contributed by atoms with van der Waals surface area (Å²) in [5.74, 6) is -0.755. The maximum absolute atomic E-state index is 11.9. The monoisotopic (exact) mass is 274 g/mol. The fourth-order valence-corrected chi connectivity index (χ4v) is 1.60. The van der Waals surface area contributed by atoms with Gasteiger partial charge in [-0.15, -0.1) is 0 Å². The first-order chi connectivity index (χ1) is 9.58. The SMILES string of the molecule is CN(C(=O)C(=O)NCc1ccco1)c1ccc(O)cc1. The number of anilines is 1. The van der Waals surface area contributed by atoms with Crippen LogP contribution < -0.4 is 10.2 Å². The Morgan fingerprint density at radius 1 is 1.25 bits per heavy atom. The Morgan fingerprint density at radius 2 is 1.95 bits per heavy atom. The lowest BCUT2D eigenvalue weighted by molar-refractivity contribution is -0.137. The number of carbonyl (C=O) groups is 2. The van der Waals surface area contributed by atoms with Crippen LogP contribution in [0, 0.1) is 0 Å². The molecule has 0 radical (unpaired) electrons. The highest BCUT2D eigenvalue weighted by Crippen LogP contribution is 2.17. The number of likely N-dealkylation sites (N-methyl/N-ethyl adjacent to an activating group) is 1. The second-order valence-corrected chi connectivity index (χ2v) is 4.14. The molecule has 2 aromatic rings. The largest absolute Gasteiger partial charge is 0.508 e. The smallest absolute Gasteiger partial charge is 0.316 e. The third-order valence-corrected chi connectivity index (χ3v) is 2.74. The van der Waals surface area contributed by atoms with Gasteiger partial charge in [0.05, 0.1) is 12.8 Å². The maximum atomic E-state index is 11.9. The van der Waals surface area contributed by atoms with Gasteiger partial charge in [-0.2, -0.15) is 0 Å². The Balaban J connectivity index is 1.95. The van der Waals surface area contributed by atoms with Crippen LogP contribution in [-0.4, -0.2) is 24.0 Å². The number of aromatic hydroxyl groups is 1. The minimum Gasteiger partial charge on any atom is -0.508 e. The van der Waals surface area contributed by atoms with Crippen molar-refractivity contribution in [1.82, 2.24) is 5.32 Å². The first kappa shape index (κ1) is 13.7. The van der Waals surface area contributed by atoms with Crippen LogP contribution in [0.15, 0.2) is 47.1 Å². The highest BCUT2D eigenvalue weighted by Gasteiger charge is 2.19. The molecule has 0 aliphatic carbocycles. The highest BCUT2D eigenvalue weighted by molar-refractivity contribution is 6.40. The van der Waals surface area contributed by atoms with Crippen LogP contribution in [0.1, 0.15) is 5.76 Å². The average molecular weight is 274 g/mol. The summed E-state index contributed by atoms with van der Waals surface area (Å²) in [6.45, 7) is 0.154. The number of hydrogen-bond acceptors (Lipinski definition) is 4. The van der Waals surface area contributed by atoms with Crippen LogP contribution in [0.2, 0.25) is 0 Å². The molecule has 2 rings (SSSR count). The van der Waals surface area contributed by atoms with E-state index in [4.69, 9.17) is 4.42 Å². The molecule has 0 aliphatic rings. The van der Waals surface area contributed by atoms with Crippen molar-refractivity contribution in [2.45, 2.75) is 6.54 Å². The van der Waals surface area contributed by atoms with E-state index in [9.17, 15) is 14.7 Å². The topological polar surface area (TPSA) is 82.8 Å². The molecular formula is C14H14N2O4. The van der Waals surface area contributed by atoms with Crippen molar-refractivity contribution in [1.29, 1.82) is 0 Å². The molecule has 6 nitrogen and oxygen atoms in total. The van der Waals surface area contributed by atoms with Gasteiger partial charge in [-0.05, 0) is 36.4 Å². The fourth-order valence-electron chi connectivity index (χ4n) is 1.60. The number of hydrogen-bond donors (Lipinski definition) is 2. The van der Waals surface area contributed by atoms with Crippen LogP contribution in [0.4, 0.5) is 5.69 Å². The van der Waals surface area contributed by atoms with Crippen molar-refractivity contribution >= 4 is 17.5 Å². The van der Waals surface area contributed by atoms with Crippen LogP contribution in [0.25, 0.3) is 0 Å². The van der Waals surface area contributed by atoms with Gasteiger partial charge in [0.15, 0.2) is 0 Å². The lowest BCUT2D eigenvalue weighted by atomic mass is 10.3. The van der Waals surface area contributed by atoms with E-state index < -0.39 is 11.8 Å². The first-order valence-electron chi connectivity index (χ1n) is 5.95. The van der Waals surface area contributed by atoms with Crippen molar-refractivity contribution in [3.63, 3.8) is 0 Å². The lowest BCUT2D eigenvalue weighted by Gasteiger charge is -2.16. The van der Waals surface area contributed by atoms with E-state index in [0.29, 0.717) is 11.4 Å². The van der Waals surface area contributed by atoms with E-state index in [1.807, 2.05) is 0 Å². The number of nitrogens with zero attached hydrogens (tertiary/aromatic N) is 1. The summed E-state index contributed by atoms with van der Waals surface area (Å²) in [7, 11) is 1.49. The van der Waals surface area contributed by atoms with E-state index in [-0.39, 0.29) is 12.3 Å². The van der Waals surface area contributed by atoms with E-state index in [2.05, 4.69) is 5.32 Å². The summed E-state index contributed by atoms with van der Waals surface area (Å²) in [5.41, 5.74) is 0.515. The van der Waals surface area contributed by atoms with Gasteiger partial charge >= 0.3 is 11.8 Å². The second-order valence-electron chi connectivity index (χ2n) is 4.14. The van der Waals surface area contributed by atoms with Gasteiger partial charge < -0.3 is 19.7 Å². The molecular weight excluding hydrogens is 260 g/mol. The minimum absolute atomic E-state index is 0.0943. The Bertz CT molecular complexity index is 590. The number of furan rings is 1. The quantitative estimate of drug-likeness (QED) is 0.825. The Morgan fingerprint density at radius 3 is 2.55 bits per heavy atom. The number of rotatable bonds is 3. The molecule has 6 heteroatoms. The predicted octanol–water partition coefficient (Wildman–Crippen LogP) is 1.26. The zero-order chi connectivity index (χ0) is 14.5. The van der Waals surface area contributed by atoms with Crippen LogP contribution in [-0.2, 0) is 16.1 Å². The Labute approximate surface area is 115 Å². The highest BCUT2D eigenvalue weighted by atomic mass is 16.3. The number of benzene rings is 1. The zero-order valence-electron chi connectivity index (χ0n) is 10.9. The third kappa shape index (κ3) is 3.17. The molecule has 2 N–H and O–H groups in total. The van der Waals surface area contributed by atoms with Crippen LogP contribution >= 0.6 is 0 Å². The van der Waals surface area contributed by atoms with Gasteiger partial charge in [-0.3, -0.25) is 9.59 Å². The van der Waals surface area contributed by atoms with Crippen molar-refractivity contribution in [2.24, 2.45) is 0 Å². The number of amides is 2. The van der Waals surface area contributed by atoms with E-state index in [1.165, 1.54) is 30.3 Å². The van der Waals surface area contributed by atoms with E-state index >= 15 is 0 Å². The minimum atomic E-state index is -0.725. The molecule has 104 valence electrons. The van der Waals surface area contributed by atoms with Gasteiger partial charge in [-0.1, -0.05) is 0 Å². The number of phenolic OH excluding ortho intramolecular Hbond substituents is 1. The second kappa shape index (κ2) is 5.92. The molecule has 0 saturated carbocycles. The number of phenols is 1. The first-order valence-corrected chi connectivity index (χ1v) is 5.95. The summed E-state index contributed by atoms with van der Waals surface area (Å²) in [6, 6.07) is 9.39. The van der Waals surface area contributed by atoms with Crippen molar-refractivity contribution in [3.8, 4) is 5.75 Å². The summed E-state index contributed by atoms with van der Waals surface area (Å²) in [5, 5.41) is 11.7. The average Bonchev–Trinajstić information content (AvgIpc) is 2.97. The maximum Gasteiger partial charge on any atom is 0.316 e. The molecule has 1 aromatic carbocycles. The van der Waals surface area contributed by atoms with E-state index in [0.717, 1.165) is 0 Å². The number of nitrogens with one attached hydrogen (secondary N) is 1. The van der Waals surface area contributed by atoms with Gasteiger partial charge in [0.2, 0.25) is 0 Å². The normalized spacial score (nSPS) is 10.1. The molecule has 2 amide bonds. The lowest BCUT2D eigenvalue weighted by Crippen LogP contribution is -2.40. The molecule has 0 saturated heterocycles. The molecule has 0 fully saturated rings.